The third kappa shape index (κ3) is 2.73. The molecular weight excluding hydrogens is 306 g/mol. The Kier molecular flexibility index (Phi) is 4.07. The van der Waals surface area contributed by atoms with Gasteiger partial charge in [0.05, 0.1) is 28.4 Å². The predicted molar refractivity (Wildman–Crippen MR) is 86.8 cm³/mol. The normalized spacial score (nSPS) is 12.5. The molecular formula is C15H14ClN3OS. The van der Waals surface area contributed by atoms with Crippen LogP contribution in [0.15, 0.2) is 41.9 Å². The lowest BCUT2D eigenvalue weighted by atomic mass is 10.0. The molecule has 0 spiro atoms. The van der Waals surface area contributed by atoms with Gasteiger partial charge in [-0.25, -0.2) is 5.43 Å². The van der Waals surface area contributed by atoms with Crippen molar-refractivity contribution in [3.63, 3.8) is 0 Å². The van der Waals surface area contributed by atoms with Gasteiger partial charge in [0.25, 0.3) is 0 Å². The van der Waals surface area contributed by atoms with Gasteiger partial charge in [0.15, 0.2) is 0 Å². The van der Waals surface area contributed by atoms with E-state index >= 15 is 0 Å². The quantitative estimate of drug-likeness (QED) is 0.570. The molecule has 3 N–H and O–H groups in total. The van der Waals surface area contributed by atoms with Gasteiger partial charge in [0.1, 0.15) is 5.75 Å². The number of halogens is 1. The van der Waals surface area contributed by atoms with Gasteiger partial charge in [-0.1, -0.05) is 17.7 Å². The maximum absolute atomic E-state index is 6.07. The second kappa shape index (κ2) is 5.99. The number of pyridine rings is 1. The lowest BCUT2D eigenvalue weighted by Crippen LogP contribution is -2.28. The van der Waals surface area contributed by atoms with Gasteiger partial charge in [-0.3, -0.25) is 10.8 Å². The summed E-state index contributed by atoms with van der Waals surface area (Å²) in [4.78, 5) is 4.45. The average Bonchev–Trinajstić information content (AvgIpc) is 2.97. The Hall–Kier alpha value is -1.66. The van der Waals surface area contributed by atoms with Crippen LogP contribution in [0, 0.1) is 0 Å². The highest BCUT2D eigenvalue weighted by Gasteiger charge is 2.15. The fraction of sp³-hybridized carbons (Fsp3) is 0.133. The summed E-state index contributed by atoms with van der Waals surface area (Å²) in [5.41, 5.74) is 5.79. The van der Waals surface area contributed by atoms with E-state index in [-0.39, 0.29) is 6.04 Å². The molecule has 0 aliphatic rings. The van der Waals surface area contributed by atoms with Gasteiger partial charge < -0.3 is 4.74 Å². The molecule has 0 aliphatic heterocycles. The minimum atomic E-state index is -0.171. The number of hydrogen-bond donors (Lipinski definition) is 2. The molecule has 0 bridgehead atoms. The molecule has 0 amide bonds. The van der Waals surface area contributed by atoms with Crippen LogP contribution < -0.4 is 16.0 Å². The van der Waals surface area contributed by atoms with Gasteiger partial charge >= 0.3 is 0 Å². The van der Waals surface area contributed by atoms with Crippen LogP contribution in [-0.4, -0.2) is 12.1 Å². The van der Waals surface area contributed by atoms with Crippen LogP contribution in [0.1, 0.15) is 17.2 Å². The van der Waals surface area contributed by atoms with E-state index < -0.39 is 0 Å². The molecule has 0 saturated carbocycles. The Morgan fingerprint density at radius 1 is 1.29 bits per heavy atom. The van der Waals surface area contributed by atoms with Crippen LogP contribution in [0.25, 0.3) is 10.2 Å². The van der Waals surface area contributed by atoms with Crippen molar-refractivity contribution in [2.24, 2.45) is 5.84 Å². The summed E-state index contributed by atoms with van der Waals surface area (Å²) in [5, 5.41) is 2.60. The molecule has 3 rings (SSSR count). The highest BCUT2D eigenvalue weighted by Crippen LogP contribution is 2.31. The Balaban J connectivity index is 2.04. The molecule has 2 aromatic heterocycles. The van der Waals surface area contributed by atoms with Gasteiger partial charge in [-0.2, -0.15) is 0 Å². The molecule has 2 heterocycles. The molecule has 3 aromatic rings. The highest BCUT2D eigenvalue weighted by atomic mass is 35.5. The summed E-state index contributed by atoms with van der Waals surface area (Å²) in [6.07, 6.45) is 1.83. The van der Waals surface area contributed by atoms with Gasteiger partial charge in [0.2, 0.25) is 0 Å². The first-order chi connectivity index (χ1) is 10.2. The maximum Gasteiger partial charge on any atom is 0.137 e. The van der Waals surface area contributed by atoms with E-state index in [1.54, 1.807) is 24.5 Å². The van der Waals surface area contributed by atoms with Crippen LogP contribution in [0.5, 0.6) is 5.75 Å². The topological polar surface area (TPSA) is 60.2 Å². The van der Waals surface area contributed by atoms with Gasteiger partial charge in [-0.05, 0) is 40.8 Å². The maximum atomic E-state index is 6.07. The number of nitrogens with one attached hydrogen (secondary N) is 1. The van der Waals surface area contributed by atoms with Crippen LogP contribution in [0.4, 0.5) is 0 Å². The number of thiophene rings is 1. The zero-order chi connectivity index (χ0) is 14.8. The number of hydrogen-bond acceptors (Lipinski definition) is 5. The fourth-order valence-electron chi connectivity index (χ4n) is 2.26. The van der Waals surface area contributed by atoms with Gasteiger partial charge in [-0.15, -0.1) is 11.3 Å². The van der Waals surface area contributed by atoms with E-state index in [1.807, 2.05) is 29.8 Å². The third-order valence-electron chi connectivity index (χ3n) is 3.33. The van der Waals surface area contributed by atoms with E-state index in [1.165, 1.54) is 0 Å². The minimum absolute atomic E-state index is 0.171. The lowest BCUT2D eigenvalue weighted by molar-refractivity contribution is 0.414. The number of hydrazine groups is 1. The molecule has 0 saturated heterocycles. The van der Waals surface area contributed by atoms with Gasteiger partial charge in [0, 0.05) is 6.20 Å². The summed E-state index contributed by atoms with van der Waals surface area (Å²) in [6.45, 7) is 0. The fourth-order valence-corrected chi connectivity index (χ4v) is 3.24. The van der Waals surface area contributed by atoms with E-state index in [0.29, 0.717) is 10.8 Å². The SMILES string of the molecule is COc1cc(C(NN)c2cnc3ccsc3c2)ccc1Cl. The number of ether oxygens (including phenoxy) is 1. The standard InChI is InChI=1S/C15H14ClN3OS/c1-20-13-6-9(2-3-11(13)16)15(19-17)10-7-14-12(18-8-10)4-5-21-14/h2-8,15,19H,17H2,1H3. The van der Waals surface area contributed by atoms with E-state index in [2.05, 4.69) is 16.5 Å². The molecule has 1 unspecified atom stereocenters. The second-order valence-electron chi connectivity index (χ2n) is 4.57. The number of methoxy groups -OCH3 is 1. The van der Waals surface area contributed by atoms with Crippen molar-refractivity contribution in [2.45, 2.75) is 6.04 Å². The molecule has 108 valence electrons. The van der Waals surface area contributed by atoms with Crippen molar-refractivity contribution in [1.82, 2.24) is 10.4 Å². The van der Waals surface area contributed by atoms with E-state index in [4.69, 9.17) is 22.2 Å². The Morgan fingerprint density at radius 3 is 2.90 bits per heavy atom. The molecule has 0 radical (unpaired) electrons. The first-order valence-electron chi connectivity index (χ1n) is 6.35. The van der Waals surface area contributed by atoms with Crippen molar-refractivity contribution >= 4 is 33.2 Å². The van der Waals surface area contributed by atoms with Crippen molar-refractivity contribution < 1.29 is 4.74 Å². The molecule has 21 heavy (non-hydrogen) atoms. The Bertz CT molecular complexity index is 774. The predicted octanol–water partition coefficient (Wildman–Crippen LogP) is 3.51. The van der Waals surface area contributed by atoms with Crippen molar-refractivity contribution in [2.75, 3.05) is 7.11 Å². The highest BCUT2D eigenvalue weighted by molar-refractivity contribution is 7.17. The monoisotopic (exact) mass is 319 g/mol. The smallest absolute Gasteiger partial charge is 0.137 e. The Labute approximate surface area is 131 Å². The zero-order valence-corrected chi connectivity index (χ0v) is 12.9. The first kappa shape index (κ1) is 14.3. The summed E-state index contributed by atoms with van der Waals surface area (Å²) in [6, 6.07) is 9.53. The summed E-state index contributed by atoms with van der Waals surface area (Å²) >= 11 is 7.72. The minimum Gasteiger partial charge on any atom is -0.495 e. The second-order valence-corrected chi connectivity index (χ2v) is 5.92. The van der Waals surface area contributed by atoms with Crippen LogP contribution in [0.2, 0.25) is 5.02 Å². The summed E-state index contributed by atoms with van der Waals surface area (Å²) < 4.78 is 6.39. The van der Waals surface area contributed by atoms with Crippen LogP contribution in [-0.2, 0) is 0 Å². The summed E-state index contributed by atoms with van der Waals surface area (Å²) in [5.74, 6) is 6.36. The zero-order valence-electron chi connectivity index (χ0n) is 11.3. The Morgan fingerprint density at radius 2 is 2.14 bits per heavy atom. The number of nitrogens with two attached hydrogens (primary N) is 1. The van der Waals surface area contributed by atoms with E-state index in [0.717, 1.165) is 21.3 Å². The average molecular weight is 320 g/mol. The number of rotatable bonds is 4. The lowest BCUT2D eigenvalue weighted by Gasteiger charge is -2.17. The summed E-state index contributed by atoms with van der Waals surface area (Å²) in [7, 11) is 1.59. The largest absolute Gasteiger partial charge is 0.495 e. The van der Waals surface area contributed by atoms with Crippen molar-refractivity contribution in [3.8, 4) is 5.75 Å². The van der Waals surface area contributed by atoms with E-state index in [9.17, 15) is 0 Å². The van der Waals surface area contributed by atoms with Crippen molar-refractivity contribution in [3.05, 3.63) is 58.1 Å². The molecule has 1 aromatic carbocycles. The number of nitrogens with zero attached hydrogens (tertiary/aromatic N) is 1. The molecule has 0 aliphatic carbocycles. The molecule has 4 nitrogen and oxygen atoms in total. The van der Waals surface area contributed by atoms with Crippen molar-refractivity contribution in [1.29, 1.82) is 0 Å². The number of fused-ring (bicyclic) bond motifs is 1. The molecule has 1 atom stereocenters. The molecule has 0 fully saturated rings. The third-order valence-corrected chi connectivity index (χ3v) is 4.50. The first-order valence-corrected chi connectivity index (χ1v) is 7.61. The van der Waals surface area contributed by atoms with Crippen LogP contribution in [0.3, 0.4) is 0 Å². The van der Waals surface area contributed by atoms with Crippen LogP contribution >= 0.6 is 22.9 Å². The number of benzene rings is 1. The number of aromatic nitrogens is 1. The molecule has 6 heteroatoms.